The van der Waals surface area contributed by atoms with Gasteiger partial charge >= 0.3 is 0 Å². The molecule has 6 heteroatoms. The monoisotopic (exact) mass is 319 g/mol. The summed E-state index contributed by atoms with van der Waals surface area (Å²) < 4.78 is 13.1. The first-order valence-electron chi connectivity index (χ1n) is 8.09. The first kappa shape index (κ1) is 15.9. The number of anilines is 1. The Labute approximate surface area is 135 Å². The molecule has 23 heavy (non-hydrogen) atoms. The third-order valence-corrected chi connectivity index (χ3v) is 4.59. The molecule has 1 N–H and O–H groups in total. The van der Waals surface area contributed by atoms with Crippen molar-refractivity contribution in [2.75, 3.05) is 38.0 Å². The zero-order chi connectivity index (χ0) is 16.4. The minimum atomic E-state index is -0.371. The molecule has 2 amide bonds. The summed E-state index contributed by atoms with van der Waals surface area (Å²) in [6.07, 6.45) is 1.01. The first-order valence-corrected chi connectivity index (χ1v) is 8.09. The average molecular weight is 319 g/mol. The van der Waals surface area contributed by atoms with Crippen LogP contribution < -0.4 is 5.32 Å². The molecule has 0 spiro atoms. The van der Waals surface area contributed by atoms with Crippen LogP contribution >= 0.6 is 0 Å². The highest BCUT2D eigenvalue weighted by Crippen LogP contribution is 2.39. The fraction of sp³-hybridized carbons (Fsp3) is 0.529. The molecule has 3 rings (SSSR count). The van der Waals surface area contributed by atoms with Gasteiger partial charge in [-0.1, -0.05) is 13.0 Å². The molecule has 0 bridgehead atoms. The van der Waals surface area contributed by atoms with Gasteiger partial charge in [-0.2, -0.15) is 0 Å². The van der Waals surface area contributed by atoms with Gasteiger partial charge in [0.05, 0.1) is 6.54 Å². The van der Waals surface area contributed by atoms with Crippen LogP contribution in [0.1, 0.15) is 13.3 Å². The highest BCUT2D eigenvalue weighted by molar-refractivity contribution is 5.92. The van der Waals surface area contributed by atoms with Gasteiger partial charge in [-0.3, -0.25) is 14.5 Å². The summed E-state index contributed by atoms with van der Waals surface area (Å²) >= 11 is 0. The van der Waals surface area contributed by atoms with Crippen molar-refractivity contribution in [2.45, 2.75) is 13.3 Å². The van der Waals surface area contributed by atoms with Gasteiger partial charge in [-0.25, -0.2) is 4.39 Å². The summed E-state index contributed by atoms with van der Waals surface area (Å²) in [7, 11) is 0. The minimum Gasteiger partial charge on any atom is -0.340 e. The molecule has 2 atom stereocenters. The van der Waals surface area contributed by atoms with E-state index in [1.54, 1.807) is 12.1 Å². The molecule has 1 aliphatic carbocycles. The molecule has 0 radical (unpaired) electrons. The van der Waals surface area contributed by atoms with Crippen molar-refractivity contribution in [1.82, 2.24) is 9.80 Å². The van der Waals surface area contributed by atoms with Crippen LogP contribution in [0, 0.1) is 17.7 Å². The zero-order valence-electron chi connectivity index (χ0n) is 13.3. The van der Waals surface area contributed by atoms with E-state index in [0.717, 1.165) is 6.42 Å². The Hall–Kier alpha value is -1.95. The van der Waals surface area contributed by atoms with Crippen LogP contribution in [0.3, 0.4) is 0 Å². The fourth-order valence-electron chi connectivity index (χ4n) is 3.00. The van der Waals surface area contributed by atoms with Crippen LogP contribution in [0.15, 0.2) is 24.3 Å². The summed E-state index contributed by atoms with van der Waals surface area (Å²) in [4.78, 5) is 28.1. The van der Waals surface area contributed by atoms with E-state index < -0.39 is 0 Å². The Balaban J connectivity index is 1.43. The van der Waals surface area contributed by atoms with Crippen molar-refractivity contribution < 1.29 is 14.0 Å². The average Bonchev–Trinajstić information content (AvgIpc) is 3.24. The lowest BCUT2D eigenvalue weighted by Gasteiger charge is -2.34. The van der Waals surface area contributed by atoms with Gasteiger partial charge in [0, 0.05) is 37.8 Å². The molecule has 1 heterocycles. The summed E-state index contributed by atoms with van der Waals surface area (Å²) in [6.45, 7) is 5.12. The second kappa shape index (κ2) is 6.66. The predicted octanol–water partition coefficient (Wildman–Crippen LogP) is 1.56. The second-order valence-corrected chi connectivity index (χ2v) is 6.48. The van der Waals surface area contributed by atoms with Crippen molar-refractivity contribution in [3.05, 3.63) is 30.1 Å². The lowest BCUT2D eigenvalue weighted by atomic mass is 10.2. The molecule has 1 aliphatic heterocycles. The minimum absolute atomic E-state index is 0.161. The number of benzene rings is 1. The van der Waals surface area contributed by atoms with Crippen molar-refractivity contribution >= 4 is 17.5 Å². The van der Waals surface area contributed by atoms with Crippen LogP contribution in [0.2, 0.25) is 0 Å². The molecule has 1 aromatic rings. The predicted molar refractivity (Wildman–Crippen MR) is 85.3 cm³/mol. The maximum atomic E-state index is 13.1. The van der Waals surface area contributed by atoms with E-state index in [9.17, 15) is 14.0 Å². The Kier molecular flexibility index (Phi) is 4.61. The van der Waals surface area contributed by atoms with Gasteiger partial charge in [0.2, 0.25) is 11.8 Å². The van der Waals surface area contributed by atoms with Gasteiger partial charge in [-0.05, 0) is 30.5 Å². The number of piperazine rings is 1. The number of hydrogen-bond acceptors (Lipinski definition) is 3. The molecule has 0 aromatic heterocycles. The van der Waals surface area contributed by atoms with E-state index in [1.807, 2.05) is 9.80 Å². The summed E-state index contributed by atoms with van der Waals surface area (Å²) in [6, 6.07) is 5.86. The van der Waals surface area contributed by atoms with E-state index in [1.165, 1.54) is 12.1 Å². The highest BCUT2D eigenvalue weighted by Gasteiger charge is 2.41. The van der Waals surface area contributed by atoms with E-state index in [0.29, 0.717) is 37.8 Å². The van der Waals surface area contributed by atoms with Crippen LogP contribution in [0.25, 0.3) is 0 Å². The van der Waals surface area contributed by atoms with E-state index in [2.05, 4.69) is 12.2 Å². The molecule has 5 nitrogen and oxygen atoms in total. The van der Waals surface area contributed by atoms with Crippen LogP contribution in [0.4, 0.5) is 10.1 Å². The first-order chi connectivity index (χ1) is 11.0. The molecular formula is C17H22FN3O2. The van der Waals surface area contributed by atoms with Gasteiger partial charge in [0.25, 0.3) is 0 Å². The number of halogens is 1. The smallest absolute Gasteiger partial charge is 0.238 e. The lowest BCUT2D eigenvalue weighted by Crippen LogP contribution is -2.51. The molecule has 1 aromatic carbocycles. The molecule has 124 valence electrons. The van der Waals surface area contributed by atoms with Crippen LogP contribution in [-0.4, -0.2) is 54.3 Å². The molecule has 1 saturated heterocycles. The molecule has 0 unspecified atom stereocenters. The summed E-state index contributed by atoms with van der Waals surface area (Å²) in [5, 5.41) is 2.70. The third kappa shape index (κ3) is 4.07. The maximum absolute atomic E-state index is 13.1. The summed E-state index contributed by atoms with van der Waals surface area (Å²) in [5.41, 5.74) is 0.464. The van der Waals surface area contributed by atoms with Gasteiger partial charge in [0.15, 0.2) is 0 Å². The Bertz CT molecular complexity index is 599. The molecule has 1 saturated carbocycles. The molecule has 2 fully saturated rings. The fourth-order valence-corrected chi connectivity index (χ4v) is 3.00. The van der Waals surface area contributed by atoms with Gasteiger partial charge in [-0.15, -0.1) is 0 Å². The number of nitrogens with zero attached hydrogens (tertiary/aromatic N) is 2. The van der Waals surface area contributed by atoms with Gasteiger partial charge < -0.3 is 10.2 Å². The maximum Gasteiger partial charge on any atom is 0.238 e. The Morgan fingerprint density at radius 1 is 1.26 bits per heavy atom. The standard InChI is InChI=1S/C17H22FN3O2/c1-12-9-15(12)17(23)21-7-5-20(6-8-21)11-16(22)19-14-4-2-3-13(18)10-14/h2-4,10,12,15H,5-9,11H2,1H3,(H,19,22)/t12-,15-/m0/s1. The quantitative estimate of drug-likeness (QED) is 0.916. The van der Waals surface area contributed by atoms with Crippen molar-refractivity contribution in [2.24, 2.45) is 11.8 Å². The lowest BCUT2D eigenvalue weighted by molar-refractivity contribution is -0.134. The number of nitrogens with one attached hydrogen (secondary N) is 1. The summed E-state index contributed by atoms with van der Waals surface area (Å²) in [5.74, 6) is 0.479. The highest BCUT2D eigenvalue weighted by atomic mass is 19.1. The van der Waals surface area contributed by atoms with Crippen LogP contribution in [-0.2, 0) is 9.59 Å². The second-order valence-electron chi connectivity index (χ2n) is 6.48. The number of carbonyl (C=O) groups is 2. The molecule has 2 aliphatic rings. The zero-order valence-corrected chi connectivity index (χ0v) is 13.3. The SMILES string of the molecule is C[C@H]1C[C@@H]1C(=O)N1CCN(CC(=O)Nc2cccc(F)c2)CC1. The van der Waals surface area contributed by atoms with Crippen molar-refractivity contribution in [3.8, 4) is 0 Å². The number of carbonyl (C=O) groups excluding carboxylic acids is 2. The normalized spacial score (nSPS) is 24.3. The number of hydrogen-bond donors (Lipinski definition) is 1. The van der Waals surface area contributed by atoms with Gasteiger partial charge in [0.1, 0.15) is 5.82 Å². The van der Waals surface area contributed by atoms with Crippen LogP contribution in [0.5, 0.6) is 0 Å². The number of amides is 2. The van der Waals surface area contributed by atoms with Crippen molar-refractivity contribution in [3.63, 3.8) is 0 Å². The van der Waals surface area contributed by atoms with E-state index in [-0.39, 0.29) is 30.1 Å². The topological polar surface area (TPSA) is 52.7 Å². The Morgan fingerprint density at radius 3 is 2.57 bits per heavy atom. The third-order valence-electron chi connectivity index (χ3n) is 4.59. The largest absolute Gasteiger partial charge is 0.340 e. The van der Waals surface area contributed by atoms with E-state index in [4.69, 9.17) is 0 Å². The molecular weight excluding hydrogens is 297 g/mol. The van der Waals surface area contributed by atoms with E-state index >= 15 is 0 Å². The Morgan fingerprint density at radius 2 is 1.96 bits per heavy atom. The number of rotatable bonds is 4. The van der Waals surface area contributed by atoms with Crippen molar-refractivity contribution in [1.29, 1.82) is 0 Å².